The Labute approximate surface area is 116 Å². The maximum absolute atomic E-state index is 5.97. The van der Waals surface area contributed by atoms with Crippen LogP contribution in [-0.4, -0.2) is 17.6 Å². The third-order valence-electron chi connectivity index (χ3n) is 4.15. The summed E-state index contributed by atoms with van der Waals surface area (Å²) in [6.45, 7) is 6.27. The van der Waals surface area contributed by atoms with Crippen molar-refractivity contribution in [3.63, 3.8) is 0 Å². The summed E-state index contributed by atoms with van der Waals surface area (Å²) >= 11 is 0. The molecule has 104 valence electrons. The van der Waals surface area contributed by atoms with Gasteiger partial charge in [0, 0.05) is 30.4 Å². The normalized spacial score (nSPS) is 17.9. The van der Waals surface area contributed by atoms with Gasteiger partial charge in [-0.2, -0.15) is 0 Å². The average molecular weight is 259 g/mol. The molecule has 3 heteroatoms. The Morgan fingerprint density at radius 3 is 2.79 bits per heavy atom. The van der Waals surface area contributed by atoms with Gasteiger partial charge < -0.3 is 10.6 Å². The van der Waals surface area contributed by atoms with Crippen molar-refractivity contribution in [2.75, 3.05) is 11.4 Å². The number of hydrogen-bond acceptors (Lipinski definition) is 3. The Hall–Kier alpha value is -1.09. The van der Waals surface area contributed by atoms with Crippen LogP contribution in [0.15, 0.2) is 6.07 Å². The van der Waals surface area contributed by atoms with Crippen molar-refractivity contribution in [3.05, 3.63) is 22.9 Å². The van der Waals surface area contributed by atoms with E-state index in [0.29, 0.717) is 18.5 Å². The van der Waals surface area contributed by atoms with Gasteiger partial charge in [0.05, 0.1) is 0 Å². The van der Waals surface area contributed by atoms with Crippen molar-refractivity contribution in [2.45, 2.75) is 58.5 Å². The summed E-state index contributed by atoms with van der Waals surface area (Å²) in [6.07, 6.45) is 6.21. The van der Waals surface area contributed by atoms with Crippen molar-refractivity contribution >= 4 is 5.82 Å². The van der Waals surface area contributed by atoms with Crippen LogP contribution in [0.2, 0.25) is 0 Å². The van der Waals surface area contributed by atoms with Crippen LogP contribution in [0.25, 0.3) is 0 Å². The van der Waals surface area contributed by atoms with Crippen molar-refractivity contribution in [2.24, 2.45) is 11.7 Å². The van der Waals surface area contributed by atoms with Crippen LogP contribution in [-0.2, 0) is 19.4 Å². The summed E-state index contributed by atoms with van der Waals surface area (Å²) in [4.78, 5) is 7.50. The second-order valence-corrected chi connectivity index (χ2v) is 6.41. The zero-order chi connectivity index (χ0) is 13.4. The highest BCUT2D eigenvalue weighted by molar-refractivity contribution is 5.52. The first-order chi connectivity index (χ1) is 9.19. The predicted molar refractivity (Wildman–Crippen MR) is 79.4 cm³/mol. The predicted octanol–water partition coefficient (Wildman–Crippen LogP) is 2.65. The Morgan fingerprint density at radius 1 is 1.37 bits per heavy atom. The first kappa shape index (κ1) is 12.9. The number of aromatic nitrogens is 1. The van der Waals surface area contributed by atoms with Gasteiger partial charge in [0.2, 0.25) is 0 Å². The number of hydrogen-bond donors (Lipinski definition) is 1. The minimum Gasteiger partial charge on any atom is -0.353 e. The minimum absolute atomic E-state index is 0.608. The van der Waals surface area contributed by atoms with Crippen molar-refractivity contribution in [1.82, 2.24) is 4.98 Å². The Balaban J connectivity index is 1.96. The second kappa shape index (κ2) is 5.12. The SMILES string of the molecule is CC(C)CN(c1nc2c(cc1CN)CCC2)C1CC1. The van der Waals surface area contributed by atoms with E-state index in [-0.39, 0.29) is 0 Å². The molecule has 2 N–H and O–H groups in total. The Kier molecular flexibility index (Phi) is 3.48. The van der Waals surface area contributed by atoms with Gasteiger partial charge in [-0.3, -0.25) is 0 Å². The largest absolute Gasteiger partial charge is 0.353 e. The molecule has 3 rings (SSSR count). The first-order valence-electron chi connectivity index (χ1n) is 7.67. The van der Waals surface area contributed by atoms with Crippen LogP contribution >= 0.6 is 0 Å². The maximum Gasteiger partial charge on any atom is 0.133 e. The van der Waals surface area contributed by atoms with E-state index in [0.717, 1.165) is 13.0 Å². The molecule has 1 saturated carbocycles. The number of pyridine rings is 1. The lowest BCUT2D eigenvalue weighted by Gasteiger charge is -2.28. The molecule has 0 aliphatic heterocycles. The Bertz CT molecular complexity index is 463. The van der Waals surface area contributed by atoms with Crippen LogP contribution in [0.4, 0.5) is 5.82 Å². The molecule has 1 heterocycles. The highest BCUT2D eigenvalue weighted by Crippen LogP contribution is 2.35. The fourth-order valence-electron chi connectivity index (χ4n) is 3.10. The summed E-state index contributed by atoms with van der Waals surface area (Å²) < 4.78 is 0. The van der Waals surface area contributed by atoms with E-state index in [1.54, 1.807) is 0 Å². The van der Waals surface area contributed by atoms with Gasteiger partial charge in [-0.05, 0) is 49.7 Å². The average Bonchev–Trinajstić information content (AvgIpc) is 3.12. The molecule has 3 nitrogen and oxygen atoms in total. The van der Waals surface area contributed by atoms with E-state index in [1.807, 2.05) is 0 Å². The molecular weight excluding hydrogens is 234 g/mol. The molecule has 0 radical (unpaired) electrons. The van der Waals surface area contributed by atoms with Gasteiger partial charge in [0.1, 0.15) is 5.82 Å². The molecule has 1 aromatic rings. The van der Waals surface area contributed by atoms with Crippen molar-refractivity contribution < 1.29 is 0 Å². The van der Waals surface area contributed by atoms with E-state index < -0.39 is 0 Å². The van der Waals surface area contributed by atoms with Gasteiger partial charge in [-0.1, -0.05) is 13.8 Å². The standard InChI is InChI=1S/C16H25N3/c1-11(2)10-19(14-6-7-14)16-13(9-17)8-12-4-3-5-15(12)18-16/h8,11,14H,3-7,9-10,17H2,1-2H3. The fraction of sp³-hybridized carbons (Fsp3) is 0.688. The minimum atomic E-state index is 0.608. The van der Waals surface area contributed by atoms with E-state index >= 15 is 0 Å². The van der Waals surface area contributed by atoms with E-state index in [9.17, 15) is 0 Å². The summed E-state index contributed by atoms with van der Waals surface area (Å²) in [5.74, 6) is 1.85. The van der Waals surface area contributed by atoms with E-state index in [4.69, 9.17) is 10.7 Å². The van der Waals surface area contributed by atoms with Crippen LogP contribution < -0.4 is 10.6 Å². The van der Waals surface area contributed by atoms with Gasteiger partial charge in [-0.25, -0.2) is 4.98 Å². The van der Waals surface area contributed by atoms with Crippen LogP contribution in [0.3, 0.4) is 0 Å². The molecule has 0 unspecified atom stereocenters. The van der Waals surface area contributed by atoms with Gasteiger partial charge in [0.15, 0.2) is 0 Å². The lowest BCUT2D eigenvalue weighted by molar-refractivity contribution is 0.600. The summed E-state index contributed by atoms with van der Waals surface area (Å²) in [6, 6.07) is 3.03. The molecule has 0 amide bonds. The first-order valence-corrected chi connectivity index (χ1v) is 7.67. The molecule has 1 fully saturated rings. The van der Waals surface area contributed by atoms with E-state index in [2.05, 4.69) is 24.8 Å². The number of anilines is 1. The summed E-state index contributed by atoms with van der Waals surface area (Å²) in [5, 5.41) is 0. The molecule has 0 atom stereocenters. The maximum atomic E-state index is 5.97. The molecule has 0 saturated heterocycles. The molecule has 0 bridgehead atoms. The molecule has 1 aromatic heterocycles. The van der Waals surface area contributed by atoms with Crippen LogP contribution in [0.5, 0.6) is 0 Å². The number of fused-ring (bicyclic) bond motifs is 1. The number of aryl methyl sites for hydroxylation is 2. The van der Waals surface area contributed by atoms with Crippen molar-refractivity contribution in [3.8, 4) is 0 Å². The highest BCUT2D eigenvalue weighted by atomic mass is 15.2. The third kappa shape index (κ3) is 2.62. The van der Waals surface area contributed by atoms with E-state index in [1.165, 1.54) is 48.3 Å². The number of nitrogens with two attached hydrogens (primary N) is 1. The Morgan fingerprint density at radius 2 is 2.16 bits per heavy atom. The van der Waals surface area contributed by atoms with Crippen LogP contribution in [0.1, 0.15) is 49.9 Å². The molecule has 0 aromatic carbocycles. The topological polar surface area (TPSA) is 42.2 Å². The fourth-order valence-corrected chi connectivity index (χ4v) is 3.10. The van der Waals surface area contributed by atoms with Gasteiger partial charge in [0.25, 0.3) is 0 Å². The lowest BCUT2D eigenvalue weighted by Crippen LogP contribution is -2.32. The summed E-state index contributed by atoms with van der Waals surface area (Å²) in [7, 11) is 0. The molecular formula is C16H25N3. The van der Waals surface area contributed by atoms with Gasteiger partial charge in [-0.15, -0.1) is 0 Å². The van der Waals surface area contributed by atoms with Gasteiger partial charge >= 0.3 is 0 Å². The number of nitrogens with zero attached hydrogens (tertiary/aromatic N) is 2. The quantitative estimate of drug-likeness (QED) is 0.884. The monoisotopic (exact) mass is 259 g/mol. The second-order valence-electron chi connectivity index (χ2n) is 6.41. The molecule has 2 aliphatic rings. The smallest absolute Gasteiger partial charge is 0.133 e. The lowest BCUT2D eigenvalue weighted by atomic mass is 10.1. The molecule has 0 spiro atoms. The van der Waals surface area contributed by atoms with Crippen molar-refractivity contribution in [1.29, 1.82) is 0 Å². The number of rotatable bonds is 5. The zero-order valence-electron chi connectivity index (χ0n) is 12.2. The molecule has 2 aliphatic carbocycles. The third-order valence-corrected chi connectivity index (χ3v) is 4.15. The highest BCUT2D eigenvalue weighted by Gasteiger charge is 2.32. The summed E-state index contributed by atoms with van der Waals surface area (Å²) in [5.41, 5.74) is 9.97. The van der Waals surface area contributed by atoms with Crippen LogP contribution in [0, 0.1) is 5.92 Å². The zero-order valence-corrected chi connectivity index (χ0v) is 12.2. The molecule has 19 heavy (non-hydrogen) atoms.